The molecule has 2 nitrogen and oxygen atoms in total. The summed E-state index contributed by atoms with van der Waals surface area (Å²) in [6.45, 7) is 0. The summed E-state index contributed by atoms with van der Waals surface area (Å²) in [6, 6.07) is 7.00. The molecule has 1 aliphatic heterocycles. The first kappa shape index (κ1) is 9.40. The van der Waals surface area contributed by atoms with Crippen LogP contribution in [0.3, 0.4) is 0 Å². The standard InChI is InChI=1S/C12H12BrNO/c13-9-1-4-12-8(5-9)6-11(7-15)14(12)10-2-3-10/h1,4-5,7,10-11H,2-3,6H2. The lowest BCUT2D eigenvalue weighted by Gasteiger charge is -2.23. The van der Waals surface area contributed by atoms with Crippen LogP contribution in [0.1, 0.15) is 18.4 Å². The third-order valence-electron chi connectivity index (χ3n) is 3.20. The molecule has 2 aliphatic rings. The highest BCUT2D eigenvalue weighted by Crippen LogP contribution is 2.41. The number of anilines is 1. The molecule has 0 saturated heterocycles. The second-order valence-electron chi connectivity index (χ2n) is 4.32. The van der Waals surface area contributed by atoms with Gasteiger partial charge < -0.3 is 9.69 Å². The van der Waals surface area contributed by atoms with Crippen molar-refractivity contribution in [2.45, 2.75) is 31.3 Å². The van der Waals surface area contributed by atoms with Crippen molar-refractivity contribution in [1.82, 2.24) is 0 Å². The van der Waals surface area contributed by atoms with Gasteiger partial charge in [-0.05, 0) is 36.6 Å². The molecular formula is C12H12BrNO. The number of aldehydes is 1. The Morgan fingerprint density at radius 3 is 2.87 bits per heavy atom. The maximum Gasteiger partial charge on any atom is 0.142 e. The lowest BCUT2D eigenvalue weighted by molar-refractivity contribution is -0.108. The summed E-state index contributed by atoms with van der Waals surface area (Å²) in [6.07, 6.45) is 4.43. The molecule has 78 valence electrons. The van der Waals surface area contributed by atoms with E-state index in [4.69, 9.17) is 0 Å². The fourth-order valence-corrected chi connectivity index (χ4v) is 2.81. The predicted octanol–water partition coefficient (Wildman–Crippen LogP) is 2.54. The van der Waals surface area contributed by atoms with Crippen LogP contribution >= 0.6 is 15.9 Å². The number of fused-ring (bicyclic) bond motifs is 1. The van der Waals surface area contributed by atoms with Crippen LogP contribution in [0.5, 0.6) is 0 Å². The molecule has 0 bridgehead atoms. The maximum atomic E-state index is 11.0. The van der Waals surface area contributed by atoms with E-state index in [-0.39, 0.29) is 6.04 Å². The van der Waals surface area contributed by atoms with E-state index in [2.05, 4.69) is 39.0 Å². The molecule has 0 amide bonds. The molecule has 1 saturated carbocycles. The van der Waals surface area contributed by atoms with Crippen molar-refractivity contribution < 1.29 is 4.79 Å². The SMILES string of the molecule is O=CC1Cc2cc(Br)ccc2N1C1CC1. The molecular weight excluding hydrogens is 254 g/mol. The minimum atomic E-state index is 0.0711. The summed E-state index contributed by atoms with van der Waals surface area (Å²) in [5, 5.41) is 0. The Kier molecular flexibility index (Phi) is 2.09. The van der Waals surface area contributed by atoms with Gasteiger partial charge in [0.15, 0.2) is 0 Å². The smallest absolute Gasteiger partial charge is 0.142 e. The van der Waals surface area contributed by atoms with E-state index < -0.39 is 0 Å². The van der Waals surface area contributed by atoms with Crippen LogP contribution in [0, 0.1) is 0 Å². The van der Waals surface area contributed by atoms with Crippen molar-refractivity contribution in [3.63, 3.8) is 0 Å². The third kappa shape index (κ3) is 1.49. The van der Waals surface area contributed by atoms with Crippen molar-refractivity contribution >= 4 is 27.9 Å². The van der Waals surface area contributed by atoms with Crippen molar-refractivity contribution in [3.8, 4) is 0 Å². The molecule has 0 N–H and O–H groups in total. The zero-order chi connectivity index (χ0) is 10.4. The number of rotatable bonds is 2. The summed E-state index contributed by atoms with van der Waals surface area (Å²) in [5.74, 6) is 0. The van der Waals surface area contributed by atoms with E-state index in [1.54, 1.807) is 0 Å². The lowest BCUT2D eigenvalue weighted by atomic mass is 10.1. The zero-order valence-electron chi connectivity index (χ0n) is 8.32. The van der Waals surface area contributed by atoms with Gasteiger partial charge >= 0.3 is 0 Å². The predicted molar refractivity (Wildman–Crippen MR) is 63.2 cm³/mol. The number of carbonyl (C=O) groups is 1. The Morgan fingerprint density at radius 1 is 1.40 bits per heavy atom. The van der Waals surface area contributed by atoms with E-state index in [9.17, 15) is 4.79 Å². The molecule has 3 heteroatoms. The van der Waals surface area contributed by atoms with Gasteiger partial charge in [0.1, 0.15) is 6.29 Å². The average Bonchev–Trinajstić information content (AvgIpc) is 2.99. The topological polar surface area (TPSA) is 20.3 Å². The highest BCUT2D eigenvalue weighted by atomic mass is 79.9. The number of halogens is 1. The van der Waals surface area contributed by atoms with Crippen LogP contribution < -0.4 is 4.90 Å². The van der Waals surface area contributed by atoms with Crippen LogP contribution in [0.25, 0.3) is 0 Å². The number of benzene rings is 1. The molecule has 0 spiro atoms. The van der Waals surface area contributed by atoms with Gasteiger partial charge in [-0.1, -0.05) is 15.9 Å². The average molecular weight is 266 g/mol. The van der Waals surface area contributed by atoms with Gasteiger partial charge in [-0.3, -0.25) is 0 Å². The summed E-state index contributed by atoms with van der Waals surface area (Å²) >= 11 is 3.47. The fraction of sp³-hybridized carbons (Fsp3) is 0.417. The molecule has 0 radical (unpaired) electrons. The van der Waals surface area contributed by atoms with Crippen LogP contribution in [0.15, 0.2) is 22.7 Å². The highest BCUT2D eigenvalue weighted by Gasteiger charge is 2.39. The maximum absolute atomic E-state index is 11.0. The van der Waals surface area contributed by atoms with E-state index in [1.165, 1.54) is 24.1 Å². The molecule has 15 heavy (non-hydrogen) atoms. The minimum Gasteiger partial charge on any atom is -0.358 e. The molecule has 0 aromatic heterocycles. The molecule has 3 rings (SSSR count). The molecule has 1 aromatic rings. The Labute approximate surface area is 97.4 Å². The summed E-state index contributed by atoms with van der Waals surface area (Å²) in [7, 11) is 0. The second-order valence-corrected chi connectivity index (χ2v) is 5.23. The van der Waals surface area contributed by atoms with Crippen LogP contribution in [-0.2, 0) is 11.2 Å². The molecule has 1 heterocycles. The van der Waals surface area contributed by atoms with Gasteiger partial charge in [-0.15, -0.1) is 0 Å². The highest BCUT2D eigenvalue weighted by molar-refractivity contribution is 9.10. The summed E-state index contributed by atoms with van der Waals surface area (Å²) in [4.78, 5) is 13.4. The van der Waals surface area contributed by atoms with Crippen molar-refractivity contribution in [1.29, 1.82) is 0 Å². The fourth-order valence-electron chi connectivity index (χ4n) is 2.41. The Morgan fingerprint density at radius 2 is 2.20 bits per heavy atom. The van der Waals surface area contributed by atoms with Gasteiger partial charge in [-0.25, -0.2) is 0 Å². The number of hydrogen-bond acceptors (Lipinski definition) is 2. The van der Waals surface area contributed by atoms with Crippen LogP contribution in [0.2, 0.25) is 0 Å². The summed E-state index contributed by atoms with van der Waals surface area (Å²) in [5.41, 5.74) is 2.56. The lowest BCUT2D eigenvalue weighted by Crippen LogP contribution is -2.34. The molecule has 1 aromatic carbocycles. The Bertz CT molecular complexity index is 414. The largest absolute Gasteiger partial charge is 0.358 e. The molecule has 1 unspecified atom stereocenters. The van der Waals surface area contributed by atoms with E-state index in [0.29, 0.717) is 6.04 Å². The van der Waals surface area contributed by atoms with E-state index in [0.717, 1.165) is 17.2 Å². The molecule has 1 atom stereocenters. The zero-order valence-corrected chi connectivity index (χ0v) is 9.90. The third-order valence-corrected chi connectivity index (χ3v) is 3.70. The van der Waals surface area contributed by atoms with Gasteiger partial charge in [0.25, 0.3) is 0 Å². The van der Waals surface area contributed by atoms with Crippen LogP contribution in [0.4, 0.5) is 5.69 Å². The molecule has 1 aliphatic carbocycles. The van der Waals surface area contributed by atoms with Crippen molar-refractivity contribution in [2.24, 2.45) is 0 Å². The van der Waals surface area contributed by atoms with Gasteiger partial charge in [0.05, 0.1) is 6.04 Å². The Hall–Kier alpha value is -0.830. The quantitative estimate of drug-likeness (QED) is 0.767. The second kappa shape index (κ2) is 3.34. The Balaban J connectivity index is 2.03. The van der Waals surface area contributed by atoms with Crippen molar-refractivity contribution in [3.05, 3.63) is 28.2 Å². The number of hydrogen-bond donors (Lipinski definition) is 0. The first-order chi connectivity index (χ1) is 7.29. The van der Waals surface area contributed by atoms with Gasteiger partial charge in [-0.2, -0.15) is 0 Å². The first-order valence-electron chi connectivity index (χ1n) is 5.31. The van der Waals surface area contributed by atoms with Gasteiger partial charge in [0, 0.05) is 22.6 Å². The normalized spacial score (nSPS) is 24.1. The number of nitrogens with zero attached hydrogens (tertiary/aromatic N) is 1. The monoisotopic (exact) mass is 265 g/mol. The molecule has 1 fully saturated rings. The first-order valence-corrected chi connectivity index (χ1v) is 6.11. The van der Waals surface area contributed by atoms with E-state index >= 15 is 0 Å². The minimum absolute atomic E-state index is 0.0711. The number of carbonyl (C=O) groups excluding carboxylic acids is 1. The summed E-state index contributed by atoms with van der Waals surface area (Å²) < 4.78 is 1.10. The van der Waals surface area contributed by atoms with Crippen LogP contribution in [-0.4, -0.2) is 18.4 Å². The van der Waals surface area contributed by atoms with Gasteiger partial charge in [0.2, 0.25) is 0 Å². The van der Waals surface area contributed by atoms with E-state index in [1.807, 2.05) is 0 Å². The van der Waals surface area contributed by atoms with Crippen molar-refractivity contribution in [2.75, 3.05) is 4.90 Å².